The van der Waals surface area contributed by atoms with Crippen molar-refractivity contribution in [2.24, 2.45) is 5.92 Å². The molecule has 1 saturated heterocycles. The number of amides is 1. The minimum absolute atomic E-state index is 0.0132. The summed E-state index contributed by atoms with van der Waals surface area (Å²) < 4.78 is 11.3. The molecule has 1 aromatic heterocycles. The third-order valence-corrected chi connectivity index (χ3v) is 5.76. The normalized spacial score (nSPS) is 17.1. The first-order valence-electron chi connectivity index (χ1n) is 11.4. The van der Waals surface area contributed by atoms with E-state index in [2.05, 4.69) is 18.8 Å². The SMILES string of the molecule is COc1ccccc1C1/C(=C(/O)c2ccc(OCC(C)C)cc2)C(=O)C(=O)N1Cc1cccnc1. The highest BCUT2D eigenvalue weighted by Gasteiger charge is 2.47. The van der Waals surface area contributed by atoms with Gasteiger partial charge < -0.3 is 19.5 Å². The molecule has 2 aromatic carbocycles. The summed E-state index contributed by atoms with van der Waals surface area (Å²) in [6, 6.07) is 16.8. The number of aliphatic hydroxyl groups is 1. The van der Waals surface area contributed by atoms with Crippen molar-refractivity contribution in [2.45, 2.75) is 26.4 Å². The molecule has 3 aromatic rings. The molecule has 180 valence electrons. The van der Waals surface area contributed by atoms with Crippen molar-refractivity contribution in [2.75, 3.05) is 13.7 Å². The number of carbonyl (C=O) groups excluding carboxylic acids is 2. The first-order valence-corrected chi connectivity index (χ1v) is 11.4. The molecule has 0 radical (unpaired) electrons. The Morgan fingerprint density at radius 3 is 2.46 bits per heavy atom. The lowest BCUT2D eigenvalue weighted by molar-refractivity contribution is -0.140. The number of ether oxygens (including phenoxy) is 2. The van der Waals surface area contributed by atoms with Gasteiger partial charge in [0.25, 0.3) is 11.7 Å². The molecule has 1 amide bonds. The highest BCUT2D eigenvalue weighted by Crippen LogP contribution is 2.43. The maximum atomic E-state index is 13.3. The Morgan fingerprint density at radius 2 is 1.80 bits per heavy atom. The largest absolute Gasteiger partial charge is 0.507 e. The summed E-state index contributed by atoms with van der Waals surface area (Å²) in [7, 11) is 1.53. The number of rotatable bonds is 8. The van der Waals surface area contributed by atoms with Gasteiger partial charge in [0, 0.05) is 30.1 Å². The Hall–Kier alpha value is -4.13. The van der Waals surface area contributed by atoms with Crippen LogP contribution in [0.25, 0.3) is 5.76 Å². The molecule has 2 heterocycles. The summed E-state index contributed by atoms with van der Waals surface area (Å²) in [5, 5.41) is 11.3. The minimum Gasteiger partial charge on any atom is -0.507 e. The lowest BCUT2D eigenvalue weighted by Gasteiger charge is -2.26. The molecule has 0 bridgehead atoms. The number of pyridine rings is 1. The molecular formula is C28H28N2O5. The van der Waals surface area contributed by atoms with Gasteiger partial charge in [-0.05, 0) is 47.9 Å². The monoisotopic (exact) mass is 472 g/mol. The Labute approximate surface area is 204 Å². The zero-order valence-electron chi connectivity index (χ0n) is 20.0. The van der Waals surface area contributed by atoms with Crippen LogP contribution >= 0.6 is 0 Å². The number of likely N-dealkylation sites (tertiary alicyclic amines) is 1. The number of aliphatic hydroxyl groups excluding tert-OH is 1. The fraction of sp³-hybridized carbons (Fsp3) is 0.250. The van der Waals surface area contributed by atoms with E-state index < -0.39 is 17.7 Å². The Kier molecular flexibility index (Phi) is 7.15. The maximum absolute atomic E-state index is 13.3. The molecule has 1 aliphatic rings. The minimum atomic E-state index is -0.830. The number of nitrogens with zero attached hydrogens (tertiary/aromatic N) is 2. The standard InChI is InChI=1S/C28H28N2O5/c1-18(2)17-35-21-12-10-20(11-13-21)26(31)24-25(22-8-4-5-9-23(22)34-3)30(28(33)27(24)32)16-19-7-6-14-29-15-19/h4-15,18,25,31H,16-17H2,1-3H3/b26-24-. The molecule has 0 aliphatic carbocycles. The van der Waals surface area contributed by atoms with Gasteiger partial charge in [-0.3, -0.25) is 14.6 Å². The fourth-order valence-electron chi connectivity index (χ4n) is 4.07. The summed E-state index contributed by atoms with van der Waals surface area (Å²) in [5.74, 6) is -0.138. The lowest BCUT2D eigenvalue weighted by Crippen LogP contribution is -2.29. The van der Waals surface area contributed by atoms with Gasteiger partial charge in [-0.1, -0.05) is 38.1 Å². The molecular weight excluding hydrogens is 444 g/mol. The van der Waals surface area contributed by atoms with E-state index in [4.69, 9.17) is 9.47 Å². The van der Waals surface area contributed by atoms with Crippen molar-refractivity contribution in [1.82, 2.24) is 9.88 Å². The van der Waals surface area contributed by atoms with Crippen molar-refractivity contribution in [3.8, 4) is 11.5 Å². The van der Waals surface area contributed by atoms with Crippen LogP contribution in [0.5, 0.6) is 11.5 Å². The Bertz CT molecular complexity index is 1240. The summed E-state index contributed by atoms with van der Waals surface area (Å²) >= 11 is 0. The van der Waals surface area contributed by atoms with Gasteiger partial charge in [0.05, 0.1) is 25.3 Å². The Morgan fingerprint density at radius 1 is 1.06 bits per heavy atom. The number of carbonyl (C=O) groups is 2. The smallest absolute Gasteiger partial charge is 0.295 e. The van der Waals surface area contributed by atoms with Crippen molar-refractivity contribution < 1.29 is 24.2 Å². The average molecular weight is 473 g/mol. The van der Waals surface area contributed by atoms with E-state index in [1.54, 1.807) is 54.9 Å². The summed E-state index contributed by atoms with van der Waals surface area (Å²) in [5.41, 5.74) is 1.80. The van der Waals surface area contributed by atoms with E-state index in [0.717, 1.165) is 5.56 Å². The molecule has 0 saturated carbocycles. The second kappa shape index (κ2) is 10.4. The van der Waals surface area contributed by atoms with Crippen LogP contribution in [0.3, 0.4) is 0 Å². The summed E-state index contributed by atoms with van der Waals surface area (Å²) in [6.45, 7) is 4.84. The second-order valence-electron chi connectivity index (χ2n) is 8.76. The molecule has 1 aliphatic heterocycles. The van der Waals surface area contributed by atoms with Gasteiger partial charge in [0.2, 0.25) is 0 Å². The topological polar surface area (TPSA) is 89.0 Å². The van der Waals surface area contributed by atoms with Gasteiger partial charge in [-0.2, -0.15) is 0 Å². The van der Waals surface area contributed by atoms with Crippen molar-refractivity contribution in [1.29, 1.82) is 0 Å². The van der Waals surface area contributed by atoms with Crippen molar-refractivity contribution in [3.05, 3.63) is 95.3 Å². The van der Waals surface area contributed by atoms with Crippen molar-refractivity contribution in [3.63, 3.8) is 0 Å². The van der Waals surface area contributed by atoms with Crippen LogP contribution in [0.2, 0.25) is 0 Å². The molecule has 1 unspecified atom stereocenters. The zero-order valence-corrected chi connectivity index (χ0v) is 20.0. The number of hydrogen-bond acceptors (Lipinski definition) is 6. The van der Waals surface area contributed by atoms with Crippen LogP contribution < -0.4 is 9.47 Å². The van der Waals surface area contributed by atoms with Crippen molar-refractivity contribution >= 4 is 17.4 Å². The number of aromatic nitrogens is 1. The van der Waals surface area contributed by atoms with Crippen LogP contribution in [0.4, 0.5) is 0 Å². The Balaban J connectivity index is 1.79. The molecule has 7 heteroatoms. The zero-order chi connectivity index (χ0) is 24.9. The molecule has 4 rings (SSSR count). The van der Waals surface area contributed by atoms with E-state index >= 15 is 0 Å². The number of Topliss-reactive ketones (excluding diaryl/α,β-unsaturated/α-hetero) is 1. The number of ketones is 1. The fourth-order valence-corrected chi connectivity index (χ4v) is 4.07. The molecule has 0 spiro atoms. The van der Waals surface area contributed by atoms with Gasteiger partial charge in [0.15, 0.2) is 0 Å². The predicted octanol–water partition coefficient (Wildman–Crippen LogP) is 4.75. The first-order chi connectivity index (χ1) is 16.9. The maximum Gasteiger partial charge on any atom is 0.295 e. The molecule has 1 N–H and O–H groups in total. The van der Waals surface area contributed by atoms with E-state index in [-0.39, 0.29) is 17.9 Å². The number of para-hydroxylation sites is 1. The lowest BCUT2D eigenvalue weighted by atomic mass is 9.94. The highest BCUT2D eigenvalue weighted by molar-refractivity contribution is 6.46. The van der Waals surface area contributed by atoms with Crippen LogP contribution in [0.15, 0.2) is 78.6 Å². The van der Waals surface area contributed by atoms with Crippen LogP contribution in [-0.4, -0.2) is 40.4 Å². The molecule has 7 nitrogen and oxygen atoms in total. The summed E-state index contributed by atoms with van der Waals surface area (Å²) in [4.78, 5) is 32.0. The number of hydrogen-bond donors (Lipinski definition) is 1. The first kappa shape index (κ1) is 24.0. The quantitative estimate of drug-likeness (QED) is 0.289. The van der Waals surface area contributed by atoms with E-state index in [0.29, 0.717) is 35.2 Å². The summed E-state index contributed by atoms with van der Waals surface area (Å²) in [6.07, 6.45) is 3.29. The van der Waals surface area contributed by atoms with Crippen LogP contribution in [0, 0.1) is 5.92 Å². The van der Waals surface area contributed by atoms with Gasteiger partial charge >= 0.3 is 0 Å². The van der Waals surface area contributed by atoms with Crippen LogP contribution in [-0.2, 0) is 16.1 Å². The highest BCUT2D eigenvalue weighted by atomic mass is 16.5. The van der Waals surface area contributed by atoms with Crippen LogP contribution in [0.1, 0.15) is 36.6 Å². The number of benzene rings is 2. The van der Waals surface area contributed by atoms with E-state index in [1.807, 2.05) is 18.2 Å². The molecule has 1 atom stereocenters. The second-order valence-corrected chi connectivity index (χ2v) is 8.76. The molecule has 1 fully saturated rings. The number of methoxy groups -OCH3 is 1. The van der Waals surface area contributed by atoms with E-state index in [9.17, 15) is 14.7 Å². The molecule has 35 heavy (non-hydrogen) atoms. The predicted molar refractivity (Wildman–Crippen MR) is 132 cm³/mol. The van der Waals surface area contributed by atoms with E-state index in [1.165, 1.54) is 12.0 Å². The third kappa shape index (κ3) is 5.04. The van der Waals surface area contributed by atoms with Gasteiger partial charge in [0.1, 0.15) is 17.3 Å². The third-order valence-electron chi connectivity index (χ3n) is 5.76. The van der Waals surface area contributed by atoms with Gasteiger partial charge in [-0.15, -0.1) is 0 Å². The average Bonchev–Trinajstić information content (AvgIpc) is 3.12. The van der Waals surface area contributed by atoms with Gasteiger partial charge in [-0.25, -0.2) is 0 Å².